The predicted octanol–water partition coefficient (Wildman–Crippen LogP) is 0.926. The van der Waals surface area contributed by atoms with Crippen LogP contribution in [0.1, 0.15) is 24.7 Å². The molecule has 2 aliphatic rings. The van der Waals surface area contributed by atoms with Crippen molar-refractivity contribution in [1.29, 1.82) is 5.26 Å². The van der Waals surface area contributed by atoms with Crippen molar-refractivity contribution in [3.05, 3.63) is 12.2 Å². The van der Waals surface area contributed by atoms with Gasteiger partial charge in [-0.2, -0.15) is 15.2 Å². The van der Waals surface area contributed by atoms with Crippen LogP contribution >= 0.6 is 15.6 Å². The molecule has 2 heterocycles. The molecule has 0 unspecified atom stereocenters. The minimum Gasteiger partial charge on any atom is -0.371 e. The van der Waals surface area contributed by atoms with Crippen molar-refractivity contribution < 1.29 is 37.8 Å². The molecule has 0 amide bonds. The van der Waals surface area contributed by atoms with E-state index in [9.17, 15) is 24.2 Å². The van der Waals surface area contributed by atoms with Gasteiger partial charge < -0.3 is 54.1 Å². The SMILES string of the molecule is CNc1nc(C#N)nc2c1ncn2[C@@H]1C[C@H](OP(=O)(O)O)[C@]2(COP(=O)(O)O)C[C@H]12.N.N.N.N. The lowest BCUT2D eigenvalue weighted by Gasteiger charge is -2.24. The highest BCUT2D eigenvalue weighted by molar-refractivity contribution is 7.46. The van der Waals surface area contributed by atoms with Crippen LogP contribution in [-0.2, 0) is 18.2 Å². The summed E-state index contributed by atoms with van der Waals surface area (Å²) >= 11 is 0. The summed E-state index contributed by atoms with van der Waals surface area (Å²) in [6.07, 6.45) is 0.987. The number of imidazole rings is 1. The molecule has 2 fully saturated rings. The molecule has 20 heteroatoms. The Morgan fingerprint density at radius 1 is 1.21 bits per heavy atom. The fourth-order valence-electron chi connectivity index (χ4n) is 4.33. The molecular formula is C14H30N10O8P2. The molecule has 17 N–H and O–H groups in total. The van der Waals surface area contributed by atoms with E-state index in [1.807, 2.05) is 6.07 Å². The number of aromatic nitrogens is 4. The van der Waals surface area contributed by atoms with Gasteiger partial charge in [-0.25, -0.2) is 14.1 Å². The Hall–Kier alpha value is -2.10. The number of anilines is 1. The van der Waals surface area contributed by atoms with Gasteiger partial charge in [0.15, 0.2) is 17.0 Å². The van der Waals surface area contributed by atoms with Crippen LogP contribution in [0.25, 0.3) is 11.2 Å². The fraction of sp³-hybridized carbons (Fsp3) is 0.571. The molecule has 0 aromatic carbocycles. The number of nitriles is 1. The Bertz CT molecular complexity index is 1150. The van der Waals surface area contributed by atoms with Crippen LogP contribution in [0.5, 0.6) is 0 Å². The quantitative estimate of drug-likeness (QED) is 0.225. The monoisotopic (exact) mass is 528 g/mol. The van der Waals surface area contributed by atoms with Gasteiger partial charge in [0.25, 0.3) is 0 Å². The largest absolute Gasteiger partial charge is 0.469 e. The Morgan fingerprint density at radius 2 is 1.85 bits per heavy atom. The molecule has 0 aliphatic heterocycles. The van der Waals surface area contributed by atoms with Crippen molar-refractivity contribution in [2.45, 2.75) is 25.0 Å². The number of rotatable bonds is 7. The van der Waals surface area contributed by atoms with Gasteiger partial charge >= 0.3 is 15.6 Å². The van der Waals surface area contributed by atoms with E-state index in [2.05, 4.69) is 24.8 Å². The fourth-order valence-corrected chi connectivity index (χ4v) is 5.36. The van der Waals surface area contributed by atoms with Crippen LogP contribution in [0.4, 0.5) is 5.82 Å². The summed E-state index contributed by atoms with van der Waals surface area (Å²) in [6, 6.07) is 1.48. The topological polar surface area (TPSA) is 353 Å². The first kappa shape index (κ1) is 31.9. The van der Waals surface area contributed by atoms with Crippen molar-refractivity contribution >= 4 is 32.6 Å². The molecule has 2 saturated carbocycles. The standard InChI is InChI=1S/C14H18N6O8P2.4H3N/c1-16-12-11-13(19-10(4-15)18-12)20(6-17-11)8-2-9(28-30(24,25)26)14(3-7(8)14)5-27-29(21,22)23;;;;/h6-9H,2-3,5H2,1H3,(H,16,18,19)(H2,21,22,23)(H2,24,25,26);4*1H3/t7-,8-,9+,14+;;;;/m1..../s1. The lowest BCUT2D eigenvalue weighted by molar-refractivity contribution is 0.0498. The number of fused-ring (bicyclic) bond motifs is 2. The number of phosphoric acid groups is 2. The number of hydrogen-bond donors (Lipinski definition) is 9. The summed E-state index contributed by atoms with van der Waals surface area (Å²) in [7, 11) is -8.03. The summed E-state index contributed by atoms with van der Waals surface area (Å²) in [6.45, 7) is -0.421. The van der Waals surface area contributed by atoms with Crippen molar-refractivity contribution in [1.82, 2.24) is 44.1 Å². The highest BCUT2D eigenvalue weighted by Crippen LogP contribution is 2.71. The van der Waals surface area contributed by atoms with Gasteiger partial charge in [-0.3, -0.25) is 9.05 Å². The molecule has 2 aliphatic carbocycles. The zero-order valence-corrected chi connectivity index (χ0v) is 20.1. The van der Waals surface area contributed by atoms with E-state index in [0.29, 0.717) is 23.4 Å². The average Bonchev–Trinajstić information content (AvgIpc) is 3.12. The lowest BCUT2D eigenvalue weighted by atomic mass is 10.0. The van der Waals surface area contributed by atoms with Crippen LogP contribution in [-0.4, -0.2) is 58.9 Å². The minimum atomic E-state index is -4.86. The molecule has 2 aromatic rings. The highest BCUT2D eigenvalue weighted by Gasteiger charge is 2.70. The van der Waals surface area contributed by atoms with Crippen molar-refractivity contribution in [3.63, 3.8) is 0 Å². The molecule has 194 valence electrons. The Kier molecular flexibility index (Phi) is 10.0. The van der Waals surface area contributed by atoms with Crippen molar-refractivity contribution in [3.8, 4) is 6.07 Å². The average molecular weight is 528 g/mol. The summed E-state index contributed by atoms with van der Waals surface area (Å²) < 4.78 is 33.9. The zero-order valence-electron chi connectivity index (χ0n) is 18.3. The molecule has 0 bridgehead atoms. The first-order chi connectivity index (χ1) is 14.0. The van der Waals surface area contributed by atoms with Gasteiger partial charge in [0.05, 0.1) is 19.0 Å². The van der Waals surface area contributed by atoms with Crippen LogP contribution in [0.15, 0.2) is 6.33 Å². The van der Waals surface area contributed by atoms with E-state index in [1.165, 1.54) is 6.33 Å². The first-order valence-electron chi connectivity index (χ1n) is 8.74. The summed E-state index contributed by atoms with van der Waals surface area (Å²) in [4.78, 5) is 49.2. The summed E-state index contributed by atoms with van der Waals surface area (Å²) in [5, 5.41) is 12.0. The van der Waals surface area contributed by atoms with Gasteiger partial charge in [-0.05, 0) is 18.8 Å². The van der Waals surface area contributed by atoms with E-state index in [1.54, 1.807) is 11.6 Å². The third-order valence-electron chi connectivity index (χ3n) is 5.62. The Balaban J connectivity index is 0.00000272. The Morgan fingerprint density at radius 3 is 2.38 bits per heavy atom. The van der Waals surface area contributed by atoms with E-state index in [4.69, 9.17) is 14.3 Å². The molecule has 0 spiro atoms. The molecule has 2 aromatic heterocycles. The number of hydrogen-bond acceptors (Lipinski definition) is 13. The van der Waals surface area contributed by atoms with Crippen LogP contribution in [0.2, 0.25) is 0 Å². The second-order valence-electron chi connectivity index (χ2n) is 7.28. The third-order valence-corrected chi connectivity index (χ3v) is 6.62. The van der Waals surface area contributed by atoms with Gasteiger partial charge in [0.1, 0.15) is 6.07 Å². The van der Waals surface area contributed by atoms with Crippen molar-refractivity contribution in [2.24, 2.45) is 11.3 Å². The lowest BCUT2D eigenvalue weighted by Crippen LogP contribution is -2.26. The summed E-state index contributed by atoms with van der Waals surface area (Å²) in [5.41, 5.74) is -0.210. The molecule has 34 heavy (non-hydrogen) atoms. The van der Waals surface area contributed by atoms with E-state index >= 15 is 0 Å². The summed E-state index contributed by atoms with van der Waals surface area (Å²) in [5.74, 6) is 0.0150. The molecule has 4 atom stereocenters. The van der Waals surface area contributed by atoms with E-state index < -0.39 is 39.8 Å². The predicted molar refractivity (Wildman–Crippen MR) is 119 cm³/mol. The maximum absolute atomic E-state index is 11.5. The Labute approximate surface area is 193 Å². The van der Waals surface area contributed by atoms with E-state index in [-0.39, 0.29) is 42.8 Å². The second kappa shape index (κ2) is 10.7. The molecular weight excluding hydrogens is 498 g/mol. The normalized spacial score (nSPS) is 25.0. The third kappa shape index (κ3) is 5.75. The molecule has 4 rings (SSSR count). The smallest absolute Gasteiger partial charge is 0.371 e. The second-order valence-corrected chi connectivity index (χ2v) is 9.71. The van der Waals surface area contributed by atoms with E-state index in [0.717, 1.165) is 0 Å². The number of nitrogens with zero attached hydrogens (tertiary/aromatic N) is 5. The number of nitrogens with one attached hydrogen (secondary N) is 1. The zero-order chi connectivity index (χ0) is 21.9. The minimum absolute atomic E-state index is 0. The van der Waals surface area contributed by atoms with Gasteiger partial charge in [0.2, 0.25) is 5.82 Å². The van der Waals surface area contributed by atoms with Crippen LogP contribution in [0.3, 0.4) is 0 Å². The maximum Gasteiger partial charge on any atom is 0.469 e. The van der Waals surface area contributed by atoms with Gasteiger partial charge in [-0.1, -0.05) is 0 Å². The van der Waals surface area contributed by atoms with Crippen LogP contribution in [0, 0.1) is 22.7 Å². The molecule has 0 radical (unpaired) electrons. The van der Waals surface area contributed by atoms with Gasteiger partial charge in [0, 0.05) is 18.5 Å². The van der Waals surface area contributed by atoms with Gasteiger partial charge in [-0.15, -0.1) is 0 Å². The molecule has 18 nitrogen and oxygen atoms in total. The highest BCUT2D eigenvalue weighted by atomic mass is 31.2. The number of phosphoric ester groups is 2. The first-order valence-corrected chi connectivity index (χ1v) is 11.8. The van der Waals surface area contributed by atoms with Crippen molar-refractivity contribution in [2.75, 3.05) is 19.0 Å². The maximum atomic E-state index is 11.5. The molecule has 0 saturated heterocycles. The van der Waals surface area contributed by atoms with Crippen LogP contribution < -0.4 is 29.9 Å².